The van der Waals surface area contributed by atoms with Crippen molar-refractivity contribution in [1.82, 2.24) is 0 Å². The molecule has 0 amide bonds. The molecule has 62 valence electrons. The van der Waals surface area contributed by atoms with Gasteiger partial charge in [0.15, 0.2) is 0 Å². The SMILES string of the molecule is CC(C)(CO)CO[PH](=O)O. The normalized spacial score (nSPS) is 15.2. The van der Waals surface area contributed by atoms with Gasteiger partial charge in [-0.25, -0.2) is 0 Å². The summed E-state index contributed by atoms with van der Waals surface area (Å²) in [6.45, 7) is 3.55. The van der Waals surface area contributed by atoms with Crippen molar-refractivity contribution < 1.29 is 19.1 Å². The monoisotopic (exact) mass is 168 g/mol. The molecule has 0 heterocycles. The van der Waals surface area contributed by atoms with Crippen molar-refractivity contribution in [3.63, 3.8) is 0 Å². The molecule has 0 aromatic carbocycles. The minimum atomic E-state index is -2.84. The highest BCUT2D eigenvalue weighted by Crippen LogP contribution is 2.22. The average Bonchev–Trinajstić information content (AvgIpc) is 1.85. The van der Waals surface area contributed by atoms with Gasteiger partial charge in [0.2, 0.25) is 0 Å². The van der Waals surface area contributed by atoms with E-state index in [0.29, 0.717) is 0 Å². The van der Waals surface area contributed by atoms with E-state index in [4.69, 9.17) is 10.00 Å². The summed E-state index contributed by atoms with van der Waals surface area (Å²) in [5, 5.41) is 8.65. The van der Waals surface area contributed by atoms with Crippen LogP contribution in [0.4, 0.5) is 0 Å². The summed E-state index contributed by atoms with van der Waals surface area (Å²) >= 11 is 0. The van der Waals surface area contributed by atoms with Gasteiger partial charge >= 0.3 is 8.25 Å². The zero-order chi connectivity index (χ0) is 8.20. The van der Waals surface area contributed by atoms with Crippen LogP contribution in [0.2, 0.25) is 0 Å². The van der Waals surface area contributed by atoms with Crippen LogP contribution in [0.1, 0.15) is 13.8 Å². The Balaban J connectivity index is 3.56. The molecule has 0 radical (unpaired) electrons. The molecule has 0 aliphatic carbocycles. The molecule has 0 spiro atoms. The standard InChI is InChI=1S/C5H13O4P/c1-5(2,3-6)4-9-10(7)8/h6,10H,3-4H2,1-2H3,(H,7,8). The predicted octanol–water partition coefficient (Wildman–Crippen LogP) is 0.403. The molecule has 4 nitrogen and oxygen atoms in total. The van der Waals surface area contributed by atoms with E-state index in [-0.39, 0.29) is 13.2 Å². The van der Waals surface area contributed by atoms with Gasteiger partial charge in [-0.3, -0.25) is 4.57 Å². The average molecular weight is 168 g/mol. The lowest BCUT2D eigenvalue weighted by atomic mass is 9.97. The molecule has 0 aromatic rings. The van der Waals surface area contributed by atoms with Crippen LogP contribution < -0.4 is 0 Å². The van der Waals surface area contributed by atoms with Gasteiger partial charge in [-0.2, -0.15) is 0 Å². The van der Waals surface area contributed by atoms with Crippen LogP contribution >= 0.6 is 8.25 Å². The van der Waals surface area contributed by atoms with Crippen molar-refractivity contribution in [3.8, 4) is 0 Å². The molecule has 2 N–H and O–H groups in total. The predicted molar refractivity (Wildman–Crippen MR) is 38.0 cm³/mol. The van der Waals surface area contributed by atoms with Crippen molar-refractivity contribution in [3.05, 3.63) is 0 Å². The molecule has 0 bridgehead atoms. The van der Waals surface area contributed by atoms with E-state index in [1.54, 1.807) is 13.8 Å². The van der Waals surface area contributed by atoms with Gasteiger partial charge < -0.3 is 14.5 Å². The number of aliphatic hydroxyl groups is 1. The van der Waals surface area contributed by atoms with E-state index in [9.17, 15) is 4.57 Å². The Hall–Kier alpha value is 0.110. The van der Waals surface area contributed by atoms with Gasteiger partial charge in [-0.05, 0) is 0 Å². The van der Waals surface area contributed by atoms with Crippen LogP contribution in [0.25, 0.3) is 0 Å². The lowest BCUT2D eigenvalue weighted by Gasteiger charge is -2.19. The zero-order valence-corrected chi connectivity index (χ0v) is 7.13. The Morgan fingerprint density at radius 2 is 2.10 bits per heavy atom. The quantitative estimate of drug-likeness (QED) is 0.596. The summed E-state index contributed by atoms with van der Waals surface area (Å²) < 4.78 is 14.5. The van der Waals surface area contributed by atoms with E-state index < -0.39 is 13.7 Å². The topological polar surface area (TPSA) is 66.8 Å². The Labute approximate surface area is 60.8 Å². The number of hydrogen-bond donors (Lipinski definition) is 2. The van der Waals surface area contributed by atoms with E-state index in [1.165, 1.54) is 0 Å². The Morgan fingerprint density at radius 3 is 2.40 bits per heavy atom. The second-order valence-corrected chi connectivity index (χ2v) is 3.70. The molecule has 10 heavy (non-hydrogen) atoms. The molecule has 0 aliphatic rings. The first-order chi connectivity index (χ1) is 4.48. The fourth-order valence-electron chi connectivity index (χ4n) is 0.303. The van der Waals surface area contributed by atoms with Gasteiger partial charge in [0.1, 0.15) is 0 Å². The smallest absolute Gasteiger partial charge is 0.316 e. The van der Waals surface area contributed by atoms with Crippen LogP contribution in [-0.4, -0.2) is 23.2 Å². The summed E-state index contributed by atoms with van der Waals surface area (Å²) in [7, 11) is -2.84. The van der Waals surface area contributed by atoms with Gasteiger partial charge in [0.25, 0.3) is 0 Å². The largest absolute Gasteiger partial charge is 0.396 e. The third-order valence-electron chi connectivity index (χ3n) is 1.01. The Morgan fingerprint density at radius 1 is 1.60 bits per heavy atom. The molecule has 0 aromatic heterocycles. The van der Waals surface area contributed by atoms with Crippen LogP contribution in [-0.2, 0) is 9.09 Å². The summed E-state index contributed by atoms with van der Waals surface area (Å²) in [6.07, 6.45) is 0. The summed E-state index contributed by atoms with van der Waals surface area (Å²) in [4.78, 5) is 8.25. The molecule has 0 rings (SSSR count). The van der Waals surface area contributed by atoms with Crippen LogP contribution in [0.3, 0.4) is 0 Å². The van der Waals surface area contributed by atoms with Gasteiger partial charge in [0.05, 0.1) is 13.2 Å². The summed E-state index contributed by atoms with van der Waals surface area (Å²) in [5.74, 6) is 0. The fraction of sp³-hybridized carbons (Fsp3) is 1.00. The maximum atomic E-state index is 10.0. The maximum Gasteiger partial charge on any atom is 0.316 e. The third-order valence-corrected chi connectivity index (χ3v) is 1.41. The lowest BCUT2D eigenvalue weighted by Crippen LogP contribution is -2.21. The molecule has 0 aliphatic heterocycles. The summed E-state index contributed by atoms with van der Waals surface area (Å²) in [5.41, 5.74) is -0.428. The van der Waals surface area contributed by atoms with Crippen molar-refractivity contribution >= 4 is 8.25 Å². The van der Waals surface area contributed by atoms with E-state index >= 15 is 0 Å². The molecular weight excluding hydrogens is 155 g/mol. The molecule has 0 saturated carbocycles. The van der Waals surface area contributed by atoms with Crippen LogP contribution in [0, 0.1) is 5.41 Å². The molecule has 0 fully saturated rings. The lowest BCUT2D eigenvalue weighted by molar-refractivity contribution is 0.0953. The highest BCUT2D eigenvalue weighted by Gasteiger charge is 2.17. The van der Waals surface area contributed by atoms with Crippen molar-refractivity contribution in [2.45, 2.75) is 13.8 Å². The van der Waals surface area contributed by atoms with Crippen molar-refractivity contribution in [2.75, 3.05) is 13.2 Å². The molecular formula is C5H13O4P. The van der Waals surface area contributed by atoms with Crippen LogP contribution in [0.5, 0.6) is 0 Å². The Bertz CT molecular complexity index is 123. The van der Waals surface area contributed by atoms with Gasteiger partial charge in [-0.1, -0.05) is 13.8 Å². The van der Waals surface area contributed by atoms with Crippen molar-refractivity contribution in [2.24, 2.45) is 5.41 Å². The van der Waals surface area contributed by atoms with Crippen molar-refractivity contribution in [1.29, 1.82) is 0 Å². The first-order valence-electron chi connectivity index (χ1n) is 2.94. The molecule has 0 saturated heterocycles. The van der Waals surface area contributed by atoms with Gasteiger partial charge in [0, 0.05) is 5.41 Å². The minimum Gasteiger partial charge on any atom is -0.396 e. The maximum absolute atomic E-state index is 10.0. The summed E-state index contributed by atoms with van der Waals surface area (Å²) in [6, 6.07) is 0. The molecule has 1 atom stereocenters. The van der Waals surface area contributed by atoms with Crippen LogP contribution in [0.15, 0.2) is 0 Å². The highest BCUT2D eigenvalue weighted by molar-refractivity contribution is 7.32. The van der Waals surface area contributed by atoms with Gasteiger partial charge in [-0.15, -0.1) is 0 Å². The molecule has 1 unspecified atom stereocenters. The second kappa shape index (κ2) is 4.09. The zero-order valence-electron chi connectivity index (χ0n) is 6.13. The second-order valence-electron chi connectivity index (χ2n) is 2.88. The van der Waals surface area contributed by atoms with E-state index in [0.717, 1.165) is 0 Å². The Kier molecular flexibility index (Phi) is 4.13. The minimum absolute atomic E-state index is 0.0534. The third kappa shape index (κ3) is 4.94. The molecule has 5 heteroatoms. The fourth-order valence-corrected chi connectivity index (χ4v) is 0.817. The number of aliphatic hydroxyl groups excluding tert-OH is 1. The number of hydrogen-bond acceptors (Lipinski definition) is 3. The van der Waals surface area contributed by atoms with E-state index in [1.807, 2.05) is 0 Å². The highest BCUT2D eigenvalue weighted by atomic mass is 31.1. The number of rotatable bonds is 4. The van der Waals surface area contributed by atoms with E-state index in [2.05, 4.69) is 4.52 Å². The first kappa shape index (κ1) is 10.1. The first-order valence-corrected chi connectivity index (χ1v) is 4.21.